The highest BCUT2D eigenvalue weighted by Crippen LogP contribution is 2.22. The maximum Gasteiger partial charge on any atom is 0.242 e. The van der Waals surface area contributed by atoms with Crippen molar-refractivity contribution in [3.63, 3.8) is 0 Å². The van der Waals surface area contributed by atoms with Crippen LogP contribution >= 0.6 is 39.3 Å². The van der Waals surface area contributed by atoms with Crippen LogP contribution in [-0.2, 0) is 16.1 Å². The second-order valence-corrected chi connectivity index (χ2v) is 8.37. The Morgan fingerprint density at radius 1 is 1.22 bits per heavy atom. The number of likely N-dealkylation sites (N-methyl/N-ethyl adjacent to an activating group) is 1. The van der Waals surface area contributed by atoms with Gasteiger partial charge in [-0.2, -0.15) is 0 Å². The number of carbonyl (C=O) groups excluding carboxylic acids is 2. The zero-order chi connectivity index (χ0) is 19.8. The van der Waals surface area contributed by atoms with Gasteiger partial charge in [-0.1, -0.05) is 39.7 Å². The summed E-state index contributed by atoms with van der Waals surface area (Å²) >= 11 is 10.8. The van der Waals surface area contributed by atoms with E-state index >= 15 is 0 Å². The molecule has 2 aromatic carbocycles. The fourth-order valence-corrected chi connectivity index (χ4v) is 3.85. The Morgan fingerprint density at radius 3 is 2.56 bits per heavy atom. The molecule has 2 amide bonds. The van der Waals surface area contributed by atoms with Crippen molar-refractivity contribution >= 4 is 51.1 Å². The zero-order valence-electron chi connectivity index (χ0n) is 15.2. The maximum atomic E-state index is 12.9. The average molecular weight is 470 g/mol. The molecule has 0 spiro atoms. The molecule has 0 fully saturated rings. The van der Waals surface area contributed by atoms with Crippen LogP contribution in [0.2, 0.25) is 5.02 Å². The second kappa shape index (κ2) is 10.7. The standard InChI is InChI=1S/C20H22BrClN2O2S/c1-3-23-20(26)14(2)24(12-15-5-4-6-16(21)11-15)19(25)13-27-18-9-7-17(22)8-10-18/h4-11,14H,3,12-13H2,1-2H3,(H,23,26)/t14-/m0/s1. The zero-order valence-corrected chi connectivity index (χ0v) is 18.4. The Morgan fingerprint density at radius 2 is 1.93 bits per heavy atom. The summed E-state index contributed by atoms with van der Waals surface area (Å²) in [5.41, 5.74) is 0.963. The van der Waals surface area contributed by atoms with Gasteiger partial charge >= 0.3 is 0 Å². The van der Waals surface area contributed by atoms with Crippen LogP contribution < -0.4 is 5.32 Å². The maximum absolute atomic E-state index is 12.9. The Balaban J connectivity index is 2.12. The molecular formula is C20H22BrClN2O2S. The third-order valence-electron chi connectivity index (χ3n) is 3.94. The van der Waals surface area contributed by atoms with Gasteiger partial charge in [0.2, 0.25) is 11.8 Å². The van der Waals surface area contributed by atoms with E-state index in [2.05, 4.69) is 21.2 Å². The van der Waals surface area contributed by atoms with Crippen molar-refractivity contribution < 1.29 is 9.59 Å². The van der Waals surface area contributed by atoms with Gasteiger partial charge in [0.05, 0.1) is 5.75 Å². The lowest BCUT2D eigenvalue weighted by molar-refractivity contribution is -0.138. The lowest BCUT2D eigenvalue weighted by Gasteiger charge is -2.28. The van der Waals surface area contributed by atoms with Crippen molar-refractivity contribution in [1.29, 1.82) is 0 Å². The number of nitrogens with zero attached hydrogens (tertiary/aromatic N) is 1. The largest absolute Gasteiger partial charge is 0.355 e. The highest BCUT2D eigenvalue weighted by molar-refractivity contribution is 9.10. The summed E-state index contributed by atoms with van der Waals surface area (Å²) in [6.45, 7) is 4.52. The van der Waals surface area contributed by atoms with E-state index in [0.29, 0.717) is 18.1 Å². The molecule has 1 N–H and O–H groups in total. The van der Waals surface area contributed by atoms with E-state index in [1.54, 1.807) is 24.0 Å². The lowest BCUT2D eigenvalue weighted by Crippen LogP contribution is -2.48. The molecule has 0 radical (unpaired) electrons. The monoisotopic (exact) mass is 468 g/mol. The number of amides is 2. The van der Waals surface area contributed by atoms with Crippen molar-refractivity contribution in [3.8, 4) is 0 Å². The van der Waals surface area contributed by atoms with Gasteiger partial charge < -0.3 is 10.2 Å². The van der Waals surface area contributed by atoms with E-state index in [1.165, 1.54) is 11.8 Å². The number of carbonyl (C=O) groups is 2. The molecule has 0 saturated carbocycles. The molecule has 0 heterocycles. The minimum absolute atomic E-state index is 0.0892. The number of thioether (sulfide) groups is 1. The van der Waals surface area contributed by atoms with Gasteiger partial charge in [0.15, 0.2) is 0 Å². The van der Waals surface area contributed by atoms with Crippen LogP contribution in [0.4, 0.5) is 0 Å². The fourth-order valence-electron chi connectivity index (χ4n) is 2.50. The van der Waals surface area contributed by atoms with E-state index < -0.39 is 6.04 Å². The van der Waals surface area contributed by atoms with Gasteiger partial charge in [0, 0.05) is 27.5 Å². The third-order valence-corrected chi connectivity index (χ3v) is 5.68. The highest BCUT2D eigenvalue weighted by atomic mass is 79.9. The Hall–Kier alpha value is -1.50. The smallest absolute Gasteiger partial charge is 0.242 e. The molecule has 0 bridgehead atoms. The number of benzene rings is 2. The summed E-state index contributed by atoms with van der Waals surface area (Å²) < 4.78 is 0.939. The quantitative estimate of drug-likeness (QED) is 0.568. The van der Waals surface area contributed by atoms with Crippen molar-refractivity contribution in [2.75, 3.05) is 12.3 Å². The van der Waals surface area contributed by atoms with E-state index in [9.17, 15) is 9.59 Å². The molecule has 4 nitrogen and oxygen atoms in total. The first kappa shape index (κ1) is 21.8. The number of hydrogen-bond acceptors (Lipinski definition) is 3. The van der Waals surface area contributed by atoms with E-state index in [0.717, 1.165) is 14.9 Å². The van der Waals surface area contributed by atoms with Crippen molar-refractivity contribution in [1.82, 2.24) is 10.2 Å². The first-order chi connectivity index (χ1) is 12.9. The minimum atomic E-state index is -0.553. The number of rotatable bonds is 8. The molecule has 27 heavy (non-hydrogen) atoms. The highest BCUT2D eigenvalue weighted by Gasteiger charge is 2.25. The fraction of sp³-hybridized carbons (Fsp3) is 0.300. The van der Waals surface area contributed by atoms with Crippen molar-refractivity contribution in [2.45, 2.75) is 31.3 Å². The molecule has 2 rings (SSSR count). The van der Waals surface area contributed by atoms with Crippen LogP contribution in [0.25, 0.3) is 0 Å². The van der Waals surface area contributed by atoms with Crippen molar-refractivity contribution in [3.05, 3.63) is 63.6 Å². The van der Waals surface area contributed by atoms with Crippen molar-refractivity contribution in [2.24, 2.45) is 0 Å². The SMILES string of the molecule is CCNC(=O)[C@H](C)N(Cc1cccc(Br)c1)C(=O)CSc1ccc(Cl)cc1. The van der Waals surface area contributed by atoms with Gasteiger partial charge in [-0.15, -0.1) is 11.8 Å². The summed E-state index contributed by atoms with van der Waals surface area (Å²) in [5.74, 6) is 0.00496. The molecule has 144 valence electrons. The molecule has 0 saturated heterocycles. The molecule has 0 aromatic heterocycles. The molecule has 1 atom stereocenters. The van der Waals surface area contributed by atoms with E-state index in [1.807, 2.05) is 43.3 Å². The summed E-state index contributed by atoms with van der Waals surface area (Å²) in [5, 5.41) is 3.45. The summed E-state index contributed by atoms with van der Waals surface area (Å²) in [4.78, 5) is 27.8. The molecule has 0 aliphatic rings. The van der Waals surface area contributed by atoms with E-state index in [-0.39, 0.29) is 17.6 Å². The number of hydrogen-bond donors (Lipinski definition) is 1. The van der Waals surface area contributed by atoms with Crippen LogP contribution in [0, 0.1) is 0 Å². The van der Waals surface area contributed by atoms with Crippen LogP contribution in [-0.4, -0.2) is 35.1 Å². The molecule has 7 heteroatoms. The first-order valence-corrected chi connectivity index (χ1v) is 10.8. The topological polar surface area (TPSA) is 49.4 Å². The van der Waals surface area contributed by atoms with Gasteiger partial charge in [0.1, 0.15) is 6.04 Å². The molecule has 0 aliphatic carbocycles. The molecular weight excluding hydrogens is 448 g/mol. The lowest BCUT2D eigenvalue weighted by atomic mass is 10.1. The predicted molar refractivity (Wildman–Crippen MR) is 115 cm³/mol. The van der Waals surface area contributed by atoms with Gasteiger partial charge in [0.25, 0.3) is 0 Å². The summed E-state index contributed by atoms with van der Waals surface area (Å²) in [6, 6.07) is 14.6. The second-order valence-electron chi connectivity index (χ2n) is 5.96. The van der Waals surface area contributed by atoms with Crippen LogP contribution in [0.5, 0.6) is 0 Å². The Kier molecular flexibility index (Phi) is 8.67. The van der Waals surface area contributed by atoms with E-state index in [4.69, 9.17) is 11.6 Å². The summed E-state index contributed by atoms with van der Waals surface area (Å²) in [7, 11) is 0. The predicted octanol–water partition coefficient (Wildman–Crippen LogP) is 4.75. The van der Waals surface area contributed by atoms with Crippen LogP contribution in [0.15, 0.2) is 57.9 Å². The molecule has 0 aliphatic heterocycles. The number of halogens is 2. The first-order valence-electron chi connectivity index (χ1n) is 8.60. The van der Waals surface area contributed by atoms with Crippen LogP contribution in [0.3, 0.4) is 0 Å². The normalized spacial score (nSPS) is 11.7. The average Bonchev–Trinajstić information content (AvgIpc) is 2.65. The van der Waals surface area contributed by atoms with Gasteiger partial charge in [-0.3, -0.25) is 9.59 Å². The Bertz CT molecular complexity index is 786. The summed E-state index contributed by atoms with van der Waals surface area (Å²) in [6.07, 6.45) is 0. The third kappa shape index (κ3) is 6.87. The van der Waals surface area contributed by atoms with Gasteiger partial charge in [-0.25, -0.2) is 0 Å². The number of nitrogens with one attached hydrogen (secondary N) is 1. The minimum Gasteiger partial charge on any atom is -0.355 e. The molecule has 0 unspecified atom stereocenters. The Labute approximate surface area is 177 Å². The molecule has 2 aromatic rings. The van der Waals surface area contributed by atoms with Crippen LogP contribution in [0.1, 0.15) is 19.4 Å². The van der Waals surface area contributed by atoms with Gasteiger partial charge in [-0.05, 0) is 55.8 Å².